The summed E-state index contributed by atoms with van der Waals surface area (Å²) in [4.78, 5) is 2.33. The van der Waals surface area contributed by atoms with Crippen LogP contribution in [0.1, 0.15) is 26.7 Å². The topological polar surface area (TPSA) is 55.4 Å². The van der Waals surface area contributed by atoms with Crippen LogP contribution in [-0.2, 0) is 11.3 Å². The maximum atomic E-state index is 10.2. The maximum absolute atomic E-state index is 10.2. The third kappa shape index (κ3) is 6.43. The standard InChI is InChI=1S/C6H16N2O2S/c1-3-5-8(6-4-2)7-11(9)10/h7H,3-6H2,1-2H3,(H,9,10)/p-1. The second-order valence-corrected chi connectivity index (χ2v) is 2.97. The molecule has 0 aliphatic rings. The molecule has 0 amide bonds. The van der Waals surface area contributed by atoms with Crippen molar-refractivity contribution in [3.63, 3.8) is 0 Å². The van der Waals surface area contributed by atoms with Crippen LogP contribution in [0.25, 0.3) is 0 Å². The van der Waals surface area contributed by atoms with Gasteiger partial charge in [0, 0.05) is 24.4 Å². The lowest BCUT2D eigenvalue weighted by Gasteiger charge is -2.22. The fourth-order valence-corrected chi connectivity index (χ4v) is 1.24. The van der Waals surface area contributed by atoms with Gasteiger partial charge in [0.1, 0.15) is 0 Å². The van der Waals surface area contributed by atoms with E-state index in [0.29, 0.717) is 0 Å². The van der Waals surface area contributed by atoms with Gasteiger partial charge < -0.3 is 4.55 Å². The first-order valence-corrected chi connectivity index (χ1v) is 4.88. The first-order valence-electron chi connectivity index (χ1n) is 3.81. The zero-order chi connectivity index (χ0) is 8.69. The van der Waals surface area contributed by atoms with Crippen LogP contribution in [0.5, 0.6) is 0 Å². The van der Waals surface area contributed by atoms with Crippen LogP contribution >= 0.6 is 0 Å². The van der Waals surface area contributed by atoms with Crippen molar-refractivity contribution in [2.24, 2.45) is 0 Å². The second-order valence-electron chi connectivity index (χ2n) is 2.31. The van der Waals surface area contributed by atoms with Crippen LogP contribution in [0, 0.1) is 0 Å². The van der Waals surface area contributed by atoms with Gasteiger partial charge in [0.25, 0.3) is 0 Å². The van der Waals surface area contributed by atoms with Crippen LogP contribution in [0.15, 0.2) is 0 Å². The molecule has 0 aliphatic carbocycles. The summed E-state index contributed by atoms with van der Waals surface area (Å²) < 4.78 is 20.4. The van der Waals surface area contributed by atoms with Crippen molar-refractivity contribution in [2.75, 3.05) is 13.1 Å². The number of hydrazine groups is 1. The minimum Gasteiger partial charge on any atom is -0.759 e. The fraction of sp³-hybridized carbons (Fsp3) is 1.00. The highest BCUT2D eigenvalue weighted by Crippen LogP contribution is 1.89. The summed E-state index contributed by atoms with van der Waals surface area (Å²) in [5.41, 5.74) is 0. The summed E-state index contributed by atoms with van der Waals surface area (Å²) in [5, 5.41) is 1.70. The van der Waals surface area contributed by atoms with Gasteiger partial charge in [-0.2, -0.15) is 4.83 Å². The van der Waals surface area contributed by atoms with Gasteiger partial charge in [0.15, 0.2) is 0 Å². The molecule has 11 heavy (non-hydrogen) atoms. The molecule has 0 spiro atoms. The molecular weight excluding hydrogens is 164 g/mol. The molecule has 1 N–H and O–H groups in total. The number of nitrogens with one attached hydrogen (secondary N) is 1. The van der Waals surface area contributed by atoms with E-state index in [4.69, 9.17) is 0 Å². The quantitative estimate of drug-likeness (QED) is 0.474. The maximum Gasteiger partial charge on any atom is 0.0326 e. The average Bonchev–Trinajstić information content (AvgIpc) is 1.87. The Morgan fingerprint density at radius 3 is 2.09 bits per heavy atom. The van der Waals surface area contributed by atoms with Crippen molar-refractivity contribution in [3.05, 3.63) is 0 Å². The summed E-state index contributed by atoms with van der Waals surface area (Å²) in [5.74, 6) is 0. The summed E-state index contributed by atoms with van der Waals surface area (Å²) in [7, 11) is 0. The van der Waals surface area contributed by atoms with Crippen molar-refractivity contribution < 1.29 is 8.76 Å². The molecule has 0 radical (unpaired) electrons. The summed E-state index contributed by atoms with van der Waals surface area (Å²) in [6.45, 7) is 5.56. The van der Waals surface area contributed by atoms with E-state index in [2.05, 4.69) is 4.83 Å². The number of hydrogen-bond donors (Lipinski definition) is 1. The van der Waals surface area contributed by atoms with Gasteiger partial charge in [0.05, 0.1) is 0 Å². The summed E-state index contributed by atoms with van der Waals surface area (Å²) in [6, 6.07) is 0. The van der Waals surface area contributed by atoms with E-state index in [1.807, 2.05) is 13.8 Å². The fourth-order valence-electron chi connectivity index (χ4n) is 0.848. The van der Waals surface area contributed by atoms with E-state index in [-0.39, 0.29) is 0 Å². The van der Waals surface area contributed by atoms with Crippen LogP contribution < -0.4 is 4.83 Å². The zero-order valence-corrected chi connectivity index (χ0v) is 7.82. The third-order valence-corrected chi connectivity index (χ3v) is 1.60. The highest BCUT2D eigenvalue weighted by Gasteiger charge is 1.99. The smallest absolute Gasteiger partial charge is 0.0326 e. The Morgan fingerprint density at radius 2 is 1.82 bits per heavy atom. The lowest BCUT2D eigenvalue weighted by atomic mass is 10.4. The molecule has 0 aromatic rings. The zero-order valence-electron chi connectivity index (χ0n) is 7.00. The Kier molecular flexibility index (Phi) is 6.74. The van der Waals surface area contributed by atoms with E-state index in [0.717, 1.165) is 25.9 Å². The highest BCUT2D eigenvalue weighted by molar-refractivity contribution is 7.76. The van der Waals surface area contributed by atoms with Crippen LogP contribution in [0.4, 0.5) is 0 Å². The highest BCUT2D eigenvalue weighted by atomic mass is 32.2. The van der Waals surface area contributed by atoms with E-state index in [9.17, 15) is 8.76 Å². The SMILES string of the molecule is CCCN(CCC)NS(=O)[O-]. The Bertz CT molecular complexity index is 115. The van der Waals surface area contributed by atoms with Gasteiger partial charge >= 0.3 is 0 Å². The number of nitrogens with zero attached hydrogens (tertiary/aromatic N) is 1. The molecule has 5 heteroatoms. The van der Waals surface area contributed by atoms with Gasteiger partial charge in [-0.15, -0.1) is 0 Å². The minimum absolute atomic E-state index is 0.766. The molecule has 0 aliphatic heterocycles. The monoisotopic (exact) mass is 179 g/mol. The third-order valence-electron chi connectivity index (χ3n) is 1.19. The van der Waals surface area contributed by atoms with Crippen molar-refractivity contribution in [3.8, 4) is 0 Å². The summed E-state index contributed by atoms with van der Waals surface area (Å²) in [6.07, 6.45) is 1.90. The molecule has 68 valence electrons. The molecule has 4 nitrogen and oxygen atoms in total. The predicted molar refractivity (Wildman–Crippen MR) is 44.2 cm³/mol. The van der Waals surface area contributed by atoms with E-state index >= 15 is 0 Å². The van der Waals surface area contributed by atoms with Crippen LogP contribution in [-0.4, -0.2) is 26.9 Å². The molecule has 0 fully saturated rings. The van der Waals surface area contributed by atoms with Gasteiger partial charge in [0.2, 0.25) is 0 Å². The van der Waals surface area contributed by atoms with E-state index < -0.39 is 11.3 Å². The Hall–Kier alpha value is 0.0300. The predicted octanol–water partition coefficient (Wildman–Crippen LogP) is 0.407. The summed E-state index contributed by atoms with van der Waals surface area (Å²) >= 11 is -2.17. The molecule has 1 unspecified atom stereocenters. The van der Waals surface area contributed by atoms with Gasteiger partial charge in [-0.3, -0.25) is 4.21 Å². The number of hydrogen-bond acceptors (Lipinski definition) is 3. The first kappa shape index (κ1) is 11.0. The molecule has 0 saturated carbocycles. The van der Waals surface area contributed by atoms with Gasteiger partial charge in [-0.25, -0.2) is 5.01 Å². The lowest BCUT2D eigenvalue weighted by Crippen LogP contribution is -2.40. The molecule has 0 rings (SSSR count). The second kappa shape index (κ2) is 6.72. The van der Waals surface area contributed by atoms with Crippen molar-refractivity contribution >= 4 is 11.3 Å². The first-order chi connectivity index (χ1) is 5.20. The van der Waals surface area contributed by atoms with Crippen molar-refractivity contribution in [2.45, 2.75) is 26.7 Å². The Labute approximate surface area is 70.4 Å². The molecule has 0 aromatic heterocycles. The number of rotatable bonds is 6. The van der Waals surface area contributed by atoms with Crippen LogP contribution in [0.3, 0.4) is 0 Å². The lowest BCUT2D eigenvalue weighted by molar-refractivity contribution is 0.238. The van der Waals surface area contributed by atoms with Crippen molar-refractivity contribution in [1.29, 1.82) is 0 Å². The molecule has 0 saturated heterocycles. The average molecular weight is 179 g/mol. The Morgan fingerprint density at radius 1 is 1.36 bits per heavy atom. The molecule has 0 heterocycles. The van der Waals surface area contributed by atoms with Gasteiger partial charge in [-0.1, -0.05) is 13.8 Å². The minimum atomic E-state index is -2.17. The van der Waals surface area contributed by atoms with Crippen LogP contribution in [0.2, 0.25) is 0 Å². The van der Waals surface area contributed by atoms with E-state index in [1.54, 1.807) is 5.01 Å². The normalized spacial score (nSPS) is 13.8. The van der Waals surface area contributed by atoms with E-state index in [1.165, 1.54) is 0 Å². The molecular formula is C6H15N2O2S-. The molecule has 0 bridgehead atoms. The Balaban J connectivity index is 3.59. The van der Waals surface area contributed by atoms with Gasteiger partial charge in [-0.05, 0) is 12.8 Å². The molecule has 1 atom stereocenters. The largest absolute Gasteiger partial charge is 0.759 e. The molecule has 0 aromatic carbocycles. The van der Waals surface area contributed by atoms with Crippen molar-refractivity contribution in [1.82, 2.24) is 9.84 Å².